The summed E-state index contributed by atoms with van der Waals surface area (Å²) in [6, 6.07) is 14.8. The third-order valence-electron chi connectivity index (χ3n) is 5.15. The van der Waals surface area contributed by atoms with Gasteiger partial charge in [-0.15, -0.1) is 0 Å². The van der Waals surface area contributed by atoms with Gasteiger partial charge in [-0.3, -0.25) is 9.59 Å². The molecule has 2 aromatic rings. The summed E-state index contributed by atoms with van der Waals surface area (Å²) in [5.74, 6) is 0.866. The smallest absolute Gasteiger partial charge is 0.262 e. The van der Waals surface area contributed by atoms with Gasteiger partial charge in [-0.05, 0) is 35.9 Å². The SMILES string of the molecule is COCC(=O)N(C)CC(=O)N1N=C(c2ccc(OC)cc2)C[C@@H]1c1ccccc1OC. The van der Waals surface area contributed by atoms with E-state index >= 15 is 0 Å². The number of nitrogens with zero attached hydrogens (tertiary/aromatic N) is 3. The first-order valence-corrected chi connectivity index (χ1v) is 9.88. The molecular weight excluding hydrogens is 398 g/mol. The molecule has 1 heterocycles. The van der Waals surface area contributed by atoms with Crippen molar-refractivity contribution in [3.05, 3.63) is 59.7 Å². The lowest BCUT2D eigenvalue weighted by molar-refractivity contribution is -0.142. The van der Waals surface area contributed by atoms with Gasteiger partial charge in [0.05, 0.1) is 26.0 Å². The maximum absolute atomic E-state index is 13.1. The summed E-state index contributed by atoms with van der Waals surface area (Å²) in [7, 11) is 6.22. The van der Waals surface area contributed by atoms with Crippen LogP contribution in [0.2, 0.25) is 0 Å². The lowest BCUT2D eigenvalue weighted by atomic mass is 9.97. The van der Waals surface area contributed by atoms with E-state index in [2.05, 4.69) is 5.10 Å². The second kappa shape index (κ2) is 10.1. The summed E-state index contributed by atoms with van der Waals surface area (Å²) in [5.41, 5.74) is 2.54. The zero-order chi connectivity index (χ0) is 22.4. The fraction of sp³-hybridized carbons (Fsp3) is 0.348. The molecule has 1 atom stereocenters. The van der Waals surface area contributed by atoms with Crippen molar-refractivity contribution in [3.8, 4) is 11.5 Å². The predicted octanol–water partition coefficient (Wildman–Crippen LogP) is 2.49. The Morgan fingerprint density at radius 2 is 1.77 bits per heavy atom. The molecule has 0 aliphatic carbocycles. The highest BCUT2D eigenvalue weighted by Gasteiger charge is 2.35. The molecular formula is C23H27N3O5. The second-order valence-corrected chi connectivity index (χ2v) is 7.16. The maximum atomic E-state index is 13.1. The van der Waals surface area contributed by atoms with E-state index in [4.69, 9.17) is 14.2 Å². The van der Waals surface area contributed by atoms with Crippen LogP contribution in [-0.4, -0.2) is 69.0 Å². The van der Waals surface area contributed by atoms with Crippen molar-refractivity contribution in [1.29, 1.82) is 0 Å². The molecule has 0 saturated heterocycles. The fourth-order valence-corrected chi connectivity index (χ4v) is 3.48. The molecule has 2 amide bonds. The molecule has 8 heteroatoms. The molecule has 0 unspecified atom stereocenters. The van der Waals surface area contributed by atoms with Crippen LogP contribution in [0.1, 0.15) is 23.6 Å². The van der Waals surface area contributed by atoms with Crippen molar-refractivity contribution in [2.24, 2.45) is 5.10 Å². The highest BCUT2D eigenvalue weighted by molar-refractivity contribution is 6.03. The van der Waals surface area contributed by atoms with Crippen molar-refractivity contribution < 1.29 is 23.8 Å². The number of hydrogen-bond donors (Lipinski definition) is 0. The number of para-hydroxylation sites is 1. The summed E-state index contributed by atoms with van der Waals surface area (Å²) < 4.78 is 15.6. The van der Waals surface area contributed by atoms with Crippen molar-refractivity contribution >= 4 is 17.5 Å². The first-order chi connectivity index (χ1) is 15.0. The monoisotopic (exact) mass is 425 g/mol. The summed E-state index contributed by atoms with van der Waals surface area (Å²) in [5, 5.41) is 6.09. The van der Waals surface area contributed by atoms with Crippen LogP contribution in [0.5, 0.6) is 11.5 Å². The van der Waals surface area contributed by atoms with Gasteiger partial charge in [-0.2, -0.15) is 5.10 Å². The van der Waals surface area contributed by atoms with Gasteiger partial charge in [0.1, 0.15) is 24.7 Å². The number of benzene rings is 2. The highest BCUT2D eigenvalue weighted by atomic mass is 16.5. The number of hydrazone groups is 1. The van der Waals surface area contributed by atoms with Gasteiger partial charge in [0.15, 0.2) is 0 Å². The fourth-order valence-electron chi connectivity index (χ4n) is 3.48. The number of carbonyl (C=O) groups excluding carboxylic acids is 2. The van der Waals surface area contributed by atoms with E-state index in [9.17, 15) is 9.59 Å². The molecule has 0 N–H and O–H groups in total. The van der Waals surface area contributed by atoms with Crippen LogP contribution in [0.25, 0.3) is 0 Å². The highest BCUT2D eigenvalue weighted by Crippen LogP contribution is 2.37. The van der Waals surface area contributed by atoms with E-state index < -0.39 is 0 Å². The van der Waals surface area contributed by atoms with E-state index in [-0.39, 0.29) is 31.0 Å². The van der Waals surface area contributed by atoms with Gasteiger partial charge in [0.2, 0.25) is 5.91 Å². The molecule has 0 aromatic heterocycles. The largest absolute Gasteiger partial charge is 0.497 e. The molecule has 0 saturated carbocycles. The predicted molar refractivity (Wildman–Crippen MR) is 116 cm³/mol. The van der Waals surface area contributed by atoms with Crippen molar-refractivity contribution in [1.82, 2.24) is 9.91 Å². The van der Waals surface area contributed by atoms with Crippen LogP contribution in [0.15, 0.2) is 53.6 Å². The summed E-state index contributed by atoms with van der Waals surface area (Å²) in [6.07, 6.45) is 0.522. The average molecular weight is 425 g/mol. The van der Waals surface area contributed by atoms with Crippen molar-refractivity contribution in [2.45, 2.75) is 12.5 Å². The number of rotatable bonds is 8. The Kier molecular flexibility index (Phi) is 7.25. The van der Waals surface area contributed by atoms with Crippen LogP contribution < -0.4 is 9.47 Å². The van der Waals surface area contributed by atoms with Crippen LogP contribution >= 0.6 is 0 Å². The van der Waals surface area contributed by atoms with E-state index in [1.807, 2.05) is 48.5 Å². The number of ether oxygens (including phenoxy) is 3. The van der Waals surface area contributed by atoms with E-state index in [1.165, 1.54) is 17.0 Å². The molecule has 8 nitrogen and oxygen atoms in total. The molecule has 0 spiro atoms. The number of hydrogen-bond acceptors (Lipinski definition) is 6. The topological polar surface area (TPSA) is 80.7 Å². The van der Waals surface area contributed by atoms with Crippen LogP contribution in [0.3, 0.4) is 0 Å². The summed E-state index contributed by atoms with van der Waals surface area (Å²) in [6.45, 7) is -0.187. The molecule has 2 aromatic carbocycles. The average Bonchev–Trinajstić information content (AvgIpc) is 3.24. The summed E-state index contributed by atoms with van der Waals surface area (Å²) >= 11 is 0. The number of amides is 2. The molecule has 1 aliphatic rings. The van der Waals surface area contributed by atoms with E-state index in [0.717, 1.165) is 22.6 Å². The second-order valence-electron chi connectivity index (χ2n) is 7.16. The van der Waals surface area contributed by atoms with Crippen LogP contribution in [0.4, 0.5) is 0 Å². The van der Waals surface area contributed by atoms with Crippen molar-refractivity contribution in [3.63, 3.8) is 0 Å². The Balaban J connectivity index is 1.91. The van der Waals surface area contributed by atoms with Gasteiger partial charge in [-0.1, -0.05) is 18.2 Å². The zero-order valence-corrected chi connectivity index (χ0v) is 18.2. The van der Waals surface area contributed by atoms with Gasteiger partial charge in [0.25, 0.3) is 5.91 Å². The van der Waals surface area contributed by atoms with Gasteiger partial charge < -0.3 is 19.1 Å². The third kappa shape index (κ3) is 5.03. The normalized spacial score (nSPS) is 15.4. The van der Waals surface area contributed by atoms with Crippen molar-refractivity contribution in [2.75, 3.05) is 41.5 Å². The number of likely N-dealkylation sites (N-methyl/N-ethyl adjacent to an activating group) is 1. The maximum Gasteiger partial charge on any atom is 0.262 e. The summed E-state index contributed by atoms with van der Waals surface area (Å²) in [4.78, 5) is 26.5. The minimum absolute atomic E-state index is 0.0833. The standard InChI is InChI=1S/C23H27N3O5/c1-25(23(28)15-29-2)14-22(27)26-20(18-7-5-6-8-21(18)31-4)13-19(24-26)16-9-11-17(30-3)12-10-16/h5-12,20H,13-15H2,1-4H3/t20-/m1/s1. The molecule has 3 rings (SSSR count). The Morgan fingerprint density at radius 3 is 2.42 bits per heavy atom. The van der Waals surface area contributed by atoms with Crippen LogP contribution in [-0.2, 0) is 14.3 Å². The Labute approximate surface area is 182 Å². The lowest BCUT2D eigenvalue weighted by Gasteiger charge is -2.25. The van der Waals surface area contributed by atoms with E-state index in [1.54, 1.807) is 21.3 Å². The lowest BCUT2D eigenvalue weighted by Crippen LogP contribution is -2.40. The number of carbonyl (C=O) groups is 2. The molecule has 164 valence electrons. The van der Waals surface area contributed by atoms with Gasteiger partial charge >= 0.3 is 0 Å². The quantitative estimate of drug-likeness (QED) is 0.649. The number of methoxy groups -OCH3 is 3. The van der Waals surface area contributed by atoms with Crippen LogP contribution in [0, 0.1) is 0 Å². The minimum Gasteiger partial charge on any atom is -0.497 e. The Hall–Kier alpha value is -3.39. The molecule has 0 fully saturated rings. The molecule has 31 heavy (non-hydrogen) atoms. The molecule has 0 radical (unpaired) electrons. The first-order valence-electron chi connectivity index (χ1n) is 9.88. The third-order valence-corrected chi connectivity index (χ3v) is 5.15. The first kappa shape index (κ1) is 22.3. The molecule has 1 aliphatic heterocycles. The zero-order valence-electron chi connectivity index (χ0n) is 18.2. The minimum atomic E-state index is -0.341. The Morgan fingerprint density at radius 1 is 1.06 bits per heavy atom. The van der Waals surface area contributed by atoms with Gasteiger partial charge in [-0.25, -0.2) is 5.01 Å². The molecule has 0 bridgehead atoms. The van der Waals surface area contributed by atoms with Gasteiger partial charge in [0, 0.05) is 26.1 Å². The Bertz CT molecular complexity index is 958. The van der Waals surface area contributed by atoms with E-state index in [0.29, 0.717) is 12.2 Å².